The number of aryl methyl sites for hydroxylation is 1. The van der Waals surface area contributed by atoms with Gasteiger partial charge in [-0.25, -0.2) is 9.78 Å². The number of pyridine rings is 1. The lowest BCUT2D eigenvalue weighted by molar-refractivity contribution is -0.295. The summed E-state index contributed by atoms with van der Waals surface area (Å²) in [6, 6.07) is 2.67. The number of rotatable bonds is 12. The minimum Gasteiger partial charge on any atom is -0.457 e. The normalized spacial score (nSPS) is 36.0. The van der Waals surface area contributed by atoms with Crippen LogP contribution in [-0.2, 0) is 44.6 Å². The Labute approximate surface area is 355 Å². The molecule has 1 amide bonds. The molecule has 3 fully saturated rings. The first kappa shape index (κ1) is 47.0. The number of esters is 1. The molecule has 0 spiro atoms. The summed E-state index contributed by atoms with van der Waals surface area (Å²) in [6.07, 6.45) is 7.71. The van der Waals surface area contributed by atoms with Crippen molar-refractivity contribution in [2.75, 3.05) is 27.7 Å². The Morgan fingerprint density at radius 2 is 1.77 bits per heavy atom. The number of hydrogen-bond acceptors (Lipinski definition) is 13. The van der Waals surface area contributed by atoms with Gasteiger partial charge in [0.2, 0.25) is 0 Å². The zero-order valence-electron chi connectivity index (χ0n) is 37.3. The van der Waals surface area contributed by atoms with E-state index in [0.717, 1.165) is 11.3 Å². The Kier molecular flexibility index (Phi) is 15.5. The van der Waals surface area contributed by atoms with Crippen LogP contribution in [-0.4, -0.2) is 135 Å². The van der Waals surface area contributed by atoms with Gasteiger partial charge in [-0.1, -0.05) is 33.8 Å². The van der Waals surface area contributed by atoms with Crippen molar-refractivity contribution in [1.82, 2.24) is 24.3 Å². The number of fused-ring (bicyclic) bond motifs is 1. The summed E-state index contributed by atoms with van der Waals surface area (Å²) in [7, 11) is 5.24. The molecule has 5 heterocycles. The number of carbonyl (C=O) groups is 4. The number of unbranched alkanes of at least 4 members (excludes halogenated alkanes) is 1. The van der Waals surface area contributed by atoms with Gasteiger partial charge in [0, 0.05) is 68.1 Å². The third kappa shape index (κ3) is 9.70. The molecule has 0 bridgehead atoms. The van der Waals surface area contributed by atoms with E-state index in [1.807, 2.05) is 62.7 Å². The van der Waals surface area contributed by atoms with Crippen LogP contribution in [0.15, 0.2) is 49.2 Å². The Morgan fingerprint density at radius 1 is 1.05 bits per heavy atom. The zero-order valence-corrected chi connectivity index (χ0v) is 37.3. The van der Waals surface area contributed by atoms with E-state index in [4.69, 9.17) is 23.7 Å². The van der Waals surface area contributed by atoms with Crippen LogP contribution in [0.3, 0.4) is 0 Å². The number of likely N-dealkylation sites (N-methyl/N-ethyl adjacent to an activating group) is 1. The number of nitrogens with zero attached hydrogens (tertiary/aromatic N) is 5. The summed E-state index contributed by atoms with van der Waals surface area (Å²) in [5.74, 6) is -5.10. The van der Waals surface area contributed by atoms with Crippen molar-refractivity contribution in [3.63, 3.8) is 0 Å². The van der Waals surface area contributed by atoms with Crippen LogP contribution < -0.4 is 0 Å². The van der Waals surface area contributed by atoms with Gasteiger partial charge in [-0.2, -0.15) is 0 Å². The number of ether oxygens (including phenoxy) is 5. The van der Waals surface area contributed by atoms with Crippen molar-refractivity contribution in [1.29, 1.82) is 0 Å². The number of methoxy groups -OCH3 is 1. The van der Waals surface area contributed by atoms with Gasteiger partial charge in [-0.3, -0.25) is 24.3 Å². The second-order valence-electron chi connectivity index (χ2n) is 17.5. The highest BCUT2D eigenvalue weighted by molar-refractivity contribution is 6.00. The van der Waals surface area contributed by atoms with E-state index in [0.29, 0.717) is 25.8 Å². The second kappa shape index (κ2) is 19.8. The summed E-state index contributed by atoms with van der Waals surface area (Å²) >= 11 is 0. The first-order valence-electron chi connectivity index (χ1n) is 21.5. The lowest BCUT2D eigenvalue weighted by Gasteiger charge is -2.47. The van der Waals surface area contributed by atoms with E-state index in [1.165, 1.54) is 14.0 Å². The lowest BCUT2D eigenvalue weighted by atomic mass is 9.72. The number of hydrogen-bond donors (Lipinski definition) is 1. The molecular formula is C45H67N5O10. The van der Waals surface area contributed by atoms with E-state index in [2.05, 4.69) is 9.97 Å². The third-order valence-electron chi connectivity index (χ3n) is 12.9. The van der Waals surface area contributed by atoms with Crippen LogP contribution in [0.1, 0.15) is 87.5 Å². The van der Waals surface area contributed by atoms with E-state index >= 15 is 0 Å². The largest absolute Gasteiger partial charge is 0.457 e. The highest BCUT2D eigenvalue weighted by Gasteiger charge is 2.61. The maximum Gasteiger partial charge on any atom is 0.411 e. The molecule has 60 heavy (non-hydrogen) atoms. The fourth-order valence-corrected chi connectivity index (χ4v) is 9.61. The Bertz CT molecular complexity index is 1820. The van der Waals surface area contributed by atoms with Crippen molar-refractivity contribution in [2.45, 2.75) is 148 Å². The maximum absolute atomic E-state index is 14.9. The molecule has 3 saturated heterocycles. The minimum atomic E-state index is -1.53. The fraction of sp³-hybridized carbons (Fsp3) is 0.689. The van der Waals surface area contributed by atoms with Crippen molar-refractivity contribution < 1.29 is 48.0 Å². The fourth-order valence-electron chi connectivity index (χ4n) is 9.61. The van der Waals surface area contributed by atoms with Gasteiger partial charge in [-0.05, 0) is 92.1 Å². The van der Waals surface area contributed by atoms with Gasteiger partial charge >= 0.3 is 12.1 Å². The second-order valence-corrected chi connectivity index (χ2v) is 17.5. The molecule has 3 aliphatic rings. The number of aromatic nitrogens is 3. The Balaban J connectivity index is 1.48. The quantitative estimate of drug-likeness (QED) is 0.123. The molecule has 2 aromatic heterocycles. The van der Waals surface area contributed by atoms with Gasteiger partial charge in [-0.15, -0.1) is 0 Å². The molecular weight excluding hydrogens is 771 g/mol. The summed E-state index contributed by atoms with van der Waals surface area (Å²) in [4.78, 5) is 69.8. The highest BCUT2D eigenvalue weighted by atomic mass is 16.7. The predicted octanol–water partition coefficient (Wildman–Crippen LogP) is 5.49. The summed E-state index contributed by atoms with van der Waals surface area (Å²) in [5.41, 5.74) is -1.09. The molecule has 1 N–H and O–H groups in total. The van der Waals surface area contributed by atoms with Crippen molar-refractivity contribution in [3.8, 4) is 11.3 Å². The monoisotopic (exact) mass is 837 g/mol. The van der Waals surface area contributed by atoms with Crippen molar-refractivity contribution in [2.24, 2.45) is 23.7 Å². The number of aliphatic hydroxyl groups is 1. The van der Waals surface area contributed by atoms with Crippen LogP contribution in [0.4, 0.5) is 4.79 Å². The number of aliphatic hydroxyl groups excluding tert-OH is 1. The smallest absolute Gasteiger partial charge is 0.411 e. The van der Waals surface area contributed by atoms with E-state index < -0.39 is 83.4 Å². The van der Waals surface area contributed by atoms with Crippen LogP contribution in [0.2, 0.25) is 0 Å². The topological polar surface area (TPSA) is 172 Å². The van der Waals surface area contributed by atoms with Gasteiger partial charge in [0.15, 0.2) is 17.7 Å². The molecule has 0 radical (unpaired) electrons. The first-order valence-corrected chi connectivity index (χ1v) is 21.5. The van der Waals surface area contributed by atoms with E-state index in [1.54, 1.807) is 63.5 Å². The predicted molar refractivity (Wildman–Crippen MR) is 223 cm³/mol. The molecule has 0 aromatic carbocycles. The van der Waals surface area contributed by atoms with Gasteiger partial charge in [0.05, 0.1) is 35.9 Å². The Morgan fingerprint density at radius 3 is 2.40 bits per heavy atom. The van der Waals surface area contributed by atoms with E-state index in [9.17, 15) is 24.3 Å². The number of amides is 1. The van der Waals surface area contributed by atoms with Gasteiger partial charge in [0.1, 0.15) is 23.9 Å². The molecule has 13 atom stereocenters. The van der Waals surface area contributed by atoms with Crippen molar-refractivity contribution >= 4 is 23.6 Å². The van der Waals surface area contributed by atoms with Crippen LogP contribution >= 0.6 is 0 Å². The zero-order chi connectivity index (χ0) is 44.1. The number of carbonyl (C=O) groups excluding carboxylic acids is 4. The molecule has 2 aromatic rings. The van der Waals surface area contributed by atoms with Gasteiger partial charge in [0.25, 0.3) is 0 Å². The van der Waals surface area contributed by atoms with Gasteiger partial charge < -0.3 is 38.3 Å². The Hall–Kier alpha value is -4.02. The summed E-state index contributed by atoms with van der Waals surface area (Å²) < 4.78 is 33.5. The summed E-state index contributed by atoms with van der Waals surface area (Å²) in [5, 5.41) is 11.5. The number of allylic oxidation sites excluding steroid dienone is 1. The highest BCUT2D eigenvalue weighted by Crippen LogP contribution is 2.44. The number of Topliss-reactive ketones (excluding diaryl/α,β-unsaturated/α-hetero) is 2. The van der Waals surface area contributed by atoms with Crippen LogP contribution in [0, 0.1) is 23.7 Å². The molecule has 0 aliphatic carbocycles. The molecule has 5 rings (SSSR count). The average molecular weight is 838 g/mol. The molecule has 3 aliphatic heterocycles. The molecule has 1 unspecified atom stereocenters. The number of cyclic esters (lactones) is 1. The van der Waals surface area contributed by atoms with Crippen LogP contribution in [0.5, 0.6) is 0 Å². The number of imidazole rings is 1. The lowest BCUT2D eigenvalue weighted by Crippen LogP contribution is -2.60. The molecule has 0 saturated carbocycles. The average Bonchev–Trinajstić information content (AvgIpc) is 3.81. The van der Waals surface area contributed by atoms with Crippen molar-refractivity contribution in [3.05, 3.63) is 49.2 Å². The van der Waals surface area contributed by atoms with Crippen LogP contribution in [0.25, 0.3) is 11.3 Å². The molecule has 332 valence electrons. The minimum absolute atomic E-state index is 0.116. The first-order chi connectivity index (χ1) is 28.4. The molecule has 15 heteroatoms. The standard InChI is InChI=1S/C45H67N5O10/c1-12-18-45-35(13-2)58-41(54)31(7)37(52)30(6)40(59-42-38(53)34(48(9)10)22-28(4)57-42)44(8,56-11)23-27(3)36(51)29(5)39(45)50(43(55)60-45)21-15-14-20-49-25-33(47-26-49)32-17-16-19-46-24-32/h12,16-19,24-31,34-35,38-40,42,53H,13-15,20-23H2,1-11H3/b18-12+/t27-,28-,29+,30+,31-,34+,35-,38-,39-,40-,42?,44-,45-/m1/s1. The number of ketones is 2. The SMILES string of the molecule is C/C=C/[C@]12OC(=O)N(CCCCn3cnc(-c4cccnc4)c3)[C@@H]1[C@@H](C)C(=O)[C@H](C)C[C@@](C)(OC)[C@H](OC1O[C@H](C)C[C@H](N(C)C)[C@H]1O)[C@@H](C)C(=O)[C@@H](C)C(=O)O[C@@H]2CC. The summed E-state index contributed by atoms with van der Waals surface area (Å²) in [6.45, 7) is 15.0. The maximum atomic E-state index is 14.9. The van der Waals surface area contributed by atoms with E-state index in [-0.39, 0.29) is 37.3 Å². The third-order valence-corrected chi connectivity index (χ3v) is 12.9. The molecule has 15 nitrogen and oxygen atoms in total.